The summed E-state index contributed by atoms with van der Waals surface area (Å²) >= 11 is 0. The number of nitrogens with two attached hydrogens (primary N) is 1. The zero-order valence-electron chi connectivity index (χ0n) is 12.2. The first kappa shape index (κ1) is 14.8. The molecule has 1 aromatic heterocycles. The third-order valence-corrected chi connectivity index (χ3v) is 4.07. The second-order valence-corrected chi connectivity index (χ2v) is 5.52. The van der Waals surface area contributed by atoms with Crippen LogP contribution in [0.15, 0.2) is 30.5 Å². The molecule has 1 aliphatic rings. The summed E-state index contributed by atoms with van der Waals surface area (Å²) in [6.45, 7) is 1.01. The minimum Gasteiger partial charge on any atom is -0.368 e. The second-order valence-electron chi connectivity index (χ2n) is 5.52. The first-order valence-corrected chi connectivity index (χ1v) is 7.40. The molecule has 0 spiro atoms. The number of hydrogen-bond donors (Lipinski definition) is 1. The number of benzene rings is 1. The molecule has 0 unspecified atom stereocenters. The molecule has 0 amide bonds. The molecule has 116 valence electrons. The van der Waals surface area contributed by atoms with Gasteiger partial charge in [0.15, 0.2) is 0 Å². The first-order chi connectivity index (χ1) is 10.6. The van der Waals surface area contributed by atoms with E-state index in [1.54, 1.807) is 6.20 Å². The van der Waals surface area contributed by atoms with Crippen molar-refractivity contribution in [2.24, 2.45) is 0 Å². The normalized spacial score (nSPS) is 19.3. The van der Waals surface area contributed by atoms with Gasteiger partial charge in [0.2, 0.25) is 5.95 Å². The maximum absolute atomic E-state index is 13.9. The average molecular weight is 304 g/mol. The summed E-state index contributed by atoms with van der Waals surface area (Å²) in [5, 5.41) is 0. The van der Waals surface area contributed by atoms with Crippen LogP contribution < -0.4 is 5.73 Å². The zero-order valence-corrected chi connectivity index (χ0v) is 12.2. The van der Waals surface area contributed by atoms with Gasteiger partial charge in [-0.25, -0.2) is 18.7 Å². The van der Waals surface area contributed by atoms with E-state index in [4.69, 9.17) is 5.73 Å². The predicted molar refractivity (Wildman–Crippen MR) is 79.8 cm³/mol. The van der Waals surface area contributed by atoms with Gasteiger partial charge in [-0.05, 0) is 37.6 Å². The quantitative estimate of drug-likeness (QED) is 0.947. The van der Waals surface area contributed by atoms with Gasteiger partial charge in [0.25, 0.3) is 0 Å². The highest BCUT2D eigenvalue weighted by atomic mass is 19.1. The molecule has 2 heterocycles. The molecule has 2 aromatic rings. The van der Waals surface area contributed by atoms with Gasteiger partial charge in [0, 0.05) is 18.3 Å². The predicted octanol–water partition coefficient (Wildman–Crippen LogP) is 3.06. The molecule has 6 heteroatoms. The Morgan fingerprint density at radius 3 is 2.68 bits per heavy atom. The maximum atomic E-state index is 13.9. The highest BCUT2D eigenvalue weighted by molar-refractivity contribution is 5.22. The number of anilines is 1. The van der Waals surface area contributed by atoms with Gasteiger partial charge in [-0.1, -0.05) is 12.5 Å². The largest absolute Gasteiger partial charge is 0.368 e. The third-order valence-electron chi connectivity index (χ3n) is 4.07. The standard InChI is InChI=1S/C16H18F2N4/c17-12-4-3-5-13(18)11(12)10-22-9-2-1-6-15(22)14-7-8-20-16(19)21-14/h3-5,7-8,15H,1-2,6,9-10H2,(H2,19,20,21)/t15-/m0/s1. The number of hydrogen-bond acceptors (Lipinski definition) is 4. The topological polar surface area (TPSA) is 55.0 Å². The SMILES string of the molecule is Nc1nccc([C@@H]2CCCCN2Cc2c(F)cccc2F)n1. The number of piperidine rings is 1. The van der Waals surface area contributed by atoms with Crippen LogP contribution in [0.2, 0.25) is 0 Å². The van der Waals surface area contributed by atoms with Gasteiger partial charge in [0.1, 0.15) is 11.6 Å². The van der Waals surface area contributed by atoms with Crippen LogP contribution in [0.3, 0.4) is 0 Å². The average Bonchev–Trinajstić information content (AvgIpc) is 2.51. The number of nitrogen functional groups attached to an aromatic ring is 1. The van der Waals surface area contributed by atoms with Gasteiger partial charge < -0.3 is 5.73 Å². The second kappa shape index (κ2) is 6.36. The van der Waals surface area contributed by atoms with E-state index in [0.29, 0.717) is 0 Å². The molecule has 0 bridgehead atoms. The lowest BCUT2D eigenvalue weighted by atomic mass is 9.98. The van der Waals surface area contributed by atoms with Crippen LogP contribution in [0.5, 0.6) is 0 Å². The van der Waals surface area contributed by atoms with Crippen molar-refractivity contribution in [2.75, 3.05) is 12.3 Å². The number of aromatic nitrogens is 2. The van der Waals surface area contributed by atoms with Crippen molar-refractivity contribution in [3.05, 3.63) is 53.4 Å². The van der Waals surface area contributed by atoms with Crippen LogP contribution in [0.1, 0.15) is 36.6 Å². The molecule has 1 saturated heterocycles. The summed E-state index contributed by atoms with van der Waals surface area (Å²) in [6, 6.07) is 5.79. The van der Waals surface area contributed by atoms with Crippen LogP contribution in [0.25, 0.3) is 0 Å². The van der Waals surface area contributed by atoms with Gasteiger partial charge in [-0.15, -0.1) is 0 Å². The molecule has 1 fully saturated rings. The Morgan fingerprint density at radius 2 is 1.95 bits per heavy atom. The van der Waals surface area contributed by atoms with Crippen LogP contribution in [-0.4, -0.2) is 21.4 Å². The van der Waals surface area contributed by atoms with Crippen molar-refractivity contribution < 1.29 is 8.78 Å². The molecule has 0 aliphatic carbocycles. The lowest BCUT2D eigenvalue weighted by Gasteiger charge is -2.35. The molecule has 0 saturated carbocycles. The van der Waals surface area contributed by atoms with Crippen molar-refractivity contribution in [1.29, 1.82) is 0 Å². The van der Waals surface area contributed by atoms with E-state index in [2.05, 4.69) is 14.9 Å². The first-order valence-electron chi connectivity index (χ1n) is 7.40. The van der Waals surface area contributed by atoms with E-state index in [-0.39, 0.29) is 24.1 Å². The van der Waals surface area contributed by atoms with Crippen molar-refractivity contribution in [3.63, 3.8) is 0 Å². The minimum atomic E-state index is -0.508. The number of likely N-dealkylation sites (tertiary alicyclic amines) is 1. The van der Waals surface area contributed by atoms with E-state index >= 15 is 0 Å². The summed E-state index contributed by atoms with van der Waals surface area (Å²) in [7, 11) is 0. The summed E-state index contributed by atoms with van der Waals surface area (Å²) in [6.07, 6.45) is 4.58. The third kappa shape index (κ3) is 3.06. The van der Waals surface area contributed by atoms with Gasteiger partial charge in [0.05, 0.1) is 11.7 Å². The zero-order chi connectivity index (χ0) is 15.5. The van der Waals surface area contributed by atoms with Gasteiger partial charge in [-0.2, -0.15) is 0 Å². The van der Waals surface area contributed by atoms with Crippen molar-refractivity contribution >= 4 is 5.95 Å². The van der Waals surface area contributed by atoms with Crippen LogP contribution >= 0.6 is 0 Å². The molecular formula is C16H18F2N4. The van der Waals surface area contributed by atoms with E-state index in [9.17, 15) is 8.78 Å². The lowest BCUT2D eigenvalue weighted by molar-refractivity contribution is 0.134. The molecule has 22 heavy (non-hydrogen) atoms. The van der Waals surface area contributed by atoms with Crippen LogP contribution in [0.4, 0.5) is 14.7 Å². The fourth-order valence-corrected chi connectivity index (χ4v) is 2.98. The highest BCUT2D eigenvalue weighted by Crippen LogP contribution is 2.32. The molecular weight excluding hydrogens is 286 g/mol. The van der Waals surface area contributed by atoms with Gasteiger partial charge in [-0.3, -0.25) is 4.90 Å². The van der Waals surface area contributed by atoms with Crippen molar-refractivity contribution in [2.45, 2.75) is 31.8 Å². The summed E-state index contributed by atoms with van der Waals surface area (Å²) < 4.78 is 27.8. The molecule has 1 atom stereocenters. The van der Waals surface area contributed by atoms with Crippen molar-refractivity contribution in [1.82, 2.24) is 14.9 Å². The van der Waals surface area contributed by atoms with E-state index < -0.39 is 11.6 Å². The molecule has 1 aromatic carbocycles. The van der Waals surface area contributed by atoms with E-state index in [0.717, 1.165) is 31.5 Å². The monoisotopic (exact) mass is 304 g/mol. The number of halogens is 2. The molecule has 0 radical (unpaired) electrons. The summed E-state index contributed by atoms with van der Waals surface area (Å²) in [5.41, 5.74) is 6.57. The molecule has 1 aliphatic heterocycles. The van der Waals surface area contributed by atoms with Gasteiger partial charge >= 0.3 is 0 Å². The highest BCUT2D eigenvalue weighted by Gasteiger charge is 2.27. The molecule has 2 N–H and O–H groups in total. The summed E-state index contributed by atoms with van der Waals surface area (Å²) in [5.74, 6) is -0.793. The fourth-order valence-electron chi connectivity index (χ4n) is 2.98. The molecule has 3 rings (SSSR count). The van der Waals surface area contributed by atoms with E-state index in [1.807, 2.05) is 6.07 Å². The molecule has 4 nitrogen and oxygen atoms in total. The Labute approximate surface area is 128 Å². The maximum Gasteiger partial charge on any atom is 0.220 e. The smallest absolute Gasteiger partial charge is 0.220 e. The Bertz CT molecular complexity index is 642. The fraction of sp³-hybridized carbons (Fsp3) is 0.375. The lowest BCUT2D eigenvalue weighted by Crippen LogP contribution is -2.34. The van der Waals surface area contributed by atoms with Crippen LogP contribution in [0, 0.1) is 11.6 Å². The van der Waals surface area contributed by atoms with Crippen molar-refractivity contribution in [3.8, 4) is 0 Å². The minimum absolute atomic E-state index is 0.0121. The Balaban J connectivity index is 1.87. The Hall–Kier alpha value is -2.08. The number of nitrogens with zero attached hydrogens (tertiary/aromatic N) is 3. The summed E-state index contributed by atoms with van der Waals surface area (Å²) in [4.78, 5) is 10.2. The number of rotatable bonds is 3. The Kier molecular flexibility index (Phi) is 4.29. The van der Waals surface area contributed by atoms with E-state index in [1.165, 1.54) is 18.2 Å². The Morgan fingerprint density at radius 1 is 1.18 bits per heavy atom. The van der Waals surface area contributed by atoms with Crippen LogP contribution in [-0.2, 0) is 6.54 Å².